The average Bonchev–Trinajstić information content (AvgIpc) is 3.32. The summed E-state index contributed by atoms with van der Waals surface area (Å²) < 4.78 is 23.8. The lowest BCUT2D eigenvalue weighted by Crippen LogP contribution is -2.66. The van der Waals surface area contributed by atoms with Crippen LogP contribution in [0, 0.1) is 50.2 Å². The lowest BCUT2D eigenvalue weighted by atomic mass is 9.33. The number of piperazine rings is 1. The molecule has 0 radical (unpaired) electrons. The third kappa shape index (κ3) is 8.53. The van der Waals surface area contributed by atoms with Gasteiger partial charge >= 0.3 is 5.97 Å². The molecule has 6 N–H and O–H groups in total. The van der Waals surface area contributed by atoms with E-state index in [1.165, 1.54) is 13.3 Å². The van der Waals surface area contributed by atoms with E-state index in [1.54, 1.807) is 12.7 Å². The zero-order chi connectivity index (χ0) is 50.5. The standard InChI is InChI=1S/C54H82N2O14/c1-30-39(58)40(59)43(62)47(66-30)70-69-45-42(61)41(60)44(46(63)64)68-48(45)67-37-17-18-52(6)35(49(37,2)3)16-19-54(8)36(52)15-14-31-32-28-50(4,20-21-51(32,5)22-23-53(31,54)7)29-38(57)56-26-24-55(25-27-56)33-12-10-11-13-34(33)65-9/h10-14,30,32,35-37,39-45,47-48,58-62H,15-29H2,1-9H3,(H,63,64)/t30-,32-,35?,36?,37-,39-,40+,41+,42+,43-,44+,45-,47+,48+,50?,51-,52+,53-,54-/m1/s1. The number of ether oxygens (including phenoxy) is 4. The summed E-state index contributed by atoms with van der Waals surface area (Å²) in [4.78, 5) is 41.9. The van der Waals surface area contributed by atoms with Crippen molar-refractivity contribution < 1.29 is 69.0 Å². The van der Waals surface area contributed by atoms with E-state index in [1.807, 2.05) is 18.2 Å². The Kier molecular flexibility index (Phi) is 14.0. The Morgan fingerprint density at radius 2 is 1.46 bits per heavy atom. The maximum absolute atomic E-state index is 14.2. The molecule has 5 aliphatic carbocycles. The molecule has 16 nitrogen and oxygen atoms in total. The number of carboxylic acid groups (broad SMARTS) is 1. The minimum atomic E-state index is -1.90. The first-order chi connectivity index (χ1) is 32.9. The Morgan fingerprint density at radius 3 is 2.16 bits per heavy atom. The van der Waals surface area contributed by atoms with Crippen LogP contribution < -0.4 is 9.64 Å². The Labute approximate surface area is 413 Å². The van der Waals surface area contributed by atoms with Crippen molar-refractivity contribution in [2.24, 2.45) is 50.2 Å². The number of para-hydroxylation sites is 2. The van der Waals surface area contributed by atoms with Crippen LogP contribution >= 0.6 is 0 Å². The van der Waals surface area contributed by atoms with Gasteiger partial charge in [-0.2, -0.15) is 0 Å². The fourth-order valence-electron chi connectivity index (χ4n) is 16.0. The average molecular weight is 983 g/mol. The molecule has 1 aromatic rings. The van der Waals surface area contributed by atoms with Crippen molar-refractivity contribution >= 4 is 17.6 Å². The highest BCUT2D eigenvalue weighted by molar-refractivity contribution is 5.77. The zero-order valence-electron chi connectivity index (χ0n) is 42.9. The Bertz CT molecular complexity index is 2130. The highest BCUT2D eigenvalue weighted by Crippen LogP contribution is 2.76. The van der Waals surface area contributed by atoms with Crippen LogP contribution in [0.5, 0.6) is 5.75 Å². The number of amides is 1. The van der Waals surface area contributed by atoms with Gasteiger partial charge in [0.2, 0.25) is 12.2 Å². The van der Waals surface area contributed by atoms with E-state index in [0.29, 0.717) is 37.8 Å². The molecule has 7 fully saturated rings. The molecule has 3 heterocycles. The normalized spacial score (nSPS) is 46.9. The summed E-state index contributed by atoms with van der Waals surface area (Å²) in [5.41, 5.74) is 2.33. The van der Waals surface area contributed by atoms with Gasteiger partial charge in [0.15, 0.2) is 18.5 Å². The topological polar surface area (TPSA) is 217 Å². The largest absolute Gasteiger partial charge is 0.495 e. The lowest BCUT2D eigenvalue weighted by Gasteiger charge is -2.71. The molecule has 4 saturated carbocycles. The number of benzene rings is 1. The highest BCUT2D eigenvalue weighted by Gasteiger charge is 2.68. The molecular formula is C54H82N2O14. The number of aliphatic carboxylic acids is 1. The van der Waals surface area contributed by atoms with Crippen LogP contribution in [-0.2, 0) is 33.6 Å². The molecule has 70 heavy (non-hydrogen) atoms. The van der Waals surface area contributed by atoms with Gasteiger partial charge in [0.25, 0.3) is 0 Å². The van der Waals surface area contributed by atoms with Crippen LogP contribution in [0.4, 0.5) is 5.69 Å². The van der Waals surface area contributed by atoms with E-state index in [-0.39, 0.29) is 38.9 Å². The number of methoxy groups -OCH3 is 1. The number of rotatable bonds is 10. The Morgan fingerprint density at radius 1 is 0.757 bits per heavy atom. The second-order valence-electron chi connectivity index (χ2n) is 24.8. The lowest BCUT2D eigenvalue weighted by molar-refractivity contribution is -0.472. The maximum Gasteiger partial charge on any atom is 0.335 e. The van der Waals surface area contributed by atoms with Crippen molar-refractivity contribution in [2.45, 2.75) is 194 Å². The molecule has 0 bridgehead atoms. The number of hydrogen-bond donors (Lipinski definition) is 6. The molecule has 16 heteroatoms. The van der Waals surface area contributed by atoms with E-state index in [0.717, 1.165) is 75.9 Å². The fourth-order valence-corrected chi connectivity index (χ4v) is 16.0. The Hall–Kier alpha value is -2.90. The van der Waals surface area contributed by atoms with Crippen molar-refractivity contribution in [3.63, 3.8) is 0 Å². The van der Waals surface area contributed by atoms with Gasteiger partial charge in [0.05, 0.1) is 25.0 Å². The second kappa shape index (κ2) is 18.8. The van der Waals surface area contributed by atoms with E-state index in [9.17, 15) is 40.2 Å². The first kappa shape index (κ1) is 52.0. The summed E-state index contributed by atoms with van der Waals surface area (Å²) in [7, 11) is 1.70. The summed E-state index contributed by atoms with van der Waals surface area (Å²) in [6, 6.07) is 8.10. The molecule has 0 spiro atoms. The monoisotopic (exact) mass is 983 g/mol. The molecule has 3 saturated heterocycles. The van der Waals surface area contributed by atoms with Crippen molar-refractivity contribution in [1.29, 1.82) is 0 Å². The van der Waals surface area contributed by atoms with Crippen LogP contribution in [0.3, 0.4) is 0 Å². The highest BCUT2D eigenvalue weighted by atomic mass is 17.2. The number of carbonyl (C=O) groups is 2. The predicted molar refractivity (Wildman–Crippen MR) is 257 cm³/mol. The third-order valence-electron chi connectivity index (χ3n) is 20.7. The van der Waals surface area contributed by atoms with Gasteiger partial charge in [-0.15, -0.1) is 0 Å². The first-order valence-electron chi connectivity index (χ1n) is 26.2. The number of nitrogens with zero attached hydrogens (tertiary/aromatic N) is 2. The summed E-state index contributed by atoms with van der Waals surface area (Å²) >= 11 is 0. The van der Waals surface area contributed by atoms with E-state index in [2.05, 4.69) is 70.4 Å². The molecule has 19 atom stereocenters. The molecule has 1 aromatic carbocycles. The van der Waals surface area contributed by atoms with E-state index >= 15 is 0 Å². The summed E-state index contributed by atoms with van der Waals surface area (Å²) in [6.07, 6.45) is -3.14. The number of allylic oxidation sites excluding steroid dienone is 2. The van der Waals surface area contributed by atoms with Crippen molar-refractivity contribution in [3.05, 3.63) is 35.9 Å². The predicted octanol–water partition coefficient (Wildman–Crippen LogP) is 5.60. The SMILES string of the molecule is COc1ccccc1N1CCN(C(=O)CC2(C)CC[C@]3(C)CC[C@]4(C)C(=CCC5[C@@]6(C)CC[C@@H](O[C@H]7O[C@H](C(=O)O)[C@@H](O)[C@H](O)[C@H]7OO[C@@H]7O[C@H](C)[C@@H](O)[C@H](O)[C@H]7O)C(C)(C)C6CC[C@]54C)[C@H]3C2)CC1. The van der Waals surface area contributed by atoms with Crippen LogP contribution in [-0.4, -0.2) is 148 Å². The van der Waals surface area contributed by atoms with E-state index in [4.69, 9.17) is 28.7 Å². The number of carbonyl (C=O) groups excluding carboxylic acids is 1. The number of aliphatic hydroxyl groups excluding tert-OH is 5. The molecule has 392 valence electrons. The van der Waals surface area contributed by atoms with E-state index < -0.39 is 78.9 Å². The molecule has 3 unspecified atom stereocenters. The van der Waals surface area contributed by atoms with Gasteiger partial charge in [-0.05, 0) is 134 Å². The molecule has 3 aliphatic heterocycles. The summed E-state index contributed by atoms with van der Waals surface area (Å²) in [5.74, 6) is 0.671. The molecule has 1 amide bonds. The number of carboxylic acids is 1. The number of hydrogen-bond acceptors (Lipinski definition) is 14. The Balaban J connectivity index is 0.898. The minimum absolute atomic E-state index is 0.00644. The van der Waals surface area contributed by atoms with Crippen molar-refractivity contribution in [2.75, 3.05) is 38.2 Å². The van der Waals surface area contributed by atoms with Gasteiger partial charge in [0.1, 0.15) is 36.3 Å². The molecule has 0 aromatic heterocycles. The molecule has 9 rings (SSSR count). The molecular weight excluding hydrogens is 901 g/mol. The van der Waals surface area contributed by atoms with Crippen molar-refractivity contribution in [1.82, 2.24) is 4.90 Å². The first-order valence-corrected chi connectivity index (χ1v) is 26.2. The van der Waals surface area contributed by atoms with Gasteiger partial charge in [0, 0.05) is 32.6 Å². The number of fused-ring (bicyclic) bond motifs is 7. The van der Waals surface area contributed by atoms with Crippen LogP contribution in [0.25, 0.3) is 0 Å². The smallest absolute Gasteiger partial charge is 0.335 e. The van der Waals surface area contributed by atoms with Gasteiger partial charge in [-0.3, -0.25) is 4.79 Å². The van der Waals surface area contributed by atoms with Crippen LogP contribution in [0.1, 0.15) is 126 Å². The quantitative estimate of drug-likeness (QED) is 0.0729. The van der Waals surface area contributed by atoms with Crippen molar-refractivity contribution in [3.8, 4) is 5.75 Å². The second-order valence-corrected chi connectivity index (χ2v) is 24.8. The van der Waals surface area contributed by atoms with Gasteiger partial charge in [-0.25, -0.2) is 14.6 Å². The minimum Gasteiger partial charge on any atom is -0.495 e. The molecule has 8 aliphatic rings. The third-order valence-corrected chi connectivity index (χ3v) is 20.7. The van der Waals surface area contributed by atoms with Gasteiger partial charge < -0.3 is 59.4 Å². The summed E-state index contributed by atoms with van der Waals surface area (Å²) in [5, 5.41) is 63.3. The zero-order valence-corrected chi connectivity index (χ0v) is 42.9. The number of anilines is 1. The van der Waals surface area contributed by atoms with Crippen LogP contribution in [0.2, 0.25) is 0 Å². The maximum atomic E-state index is 14.2. The van der Waals surface area contributed by atoms with Gasteiger partial charge in [-0.1, -0.05) is 72.2 Å². The fraction of sp³-hybridized carbons (Fsp3) is 0.815. The summed E-state index contributed by atoms with van der Waals surface area (Å²) in [6.45, 7) is 21.4. The number of aliphatic hydroxyl groups is 5. The van der Waals surface area contributed by atoms with Crippen LogP contribution in [0.15, 0.2) is 35.9 Å².